The van der Waals surface area contributed by atoms with Gasteiger partial charge >= 0.3 is 0 Å². The summed E-state index contributed by atoms with van der Waals surface area (Å²) >= 11 is 0. The predicted molar refractivity (Wildman–Crippen MR) is 84.2 cm³/mol. The maximum Gasteiger partial charge on any atom is 0.233 e. The Morgan fingerprint density at radius 1 is 1.19 bits per heavy atom. The summed E-state index contributed by atoms with van der Waals surface area (Å²) in [6, 6.07) is 5.00. The minimum absolute atomic E-state index is 0.249. The minimum atomic E-state index is -3.71. The first kappa shape index (κ1) is 17.5. The lowest BCUT2D eigenvalue weighted by atomic mass is 10.1. The number of hydrogen-bond donors (Lipinski definition) is 2. The van der Waals surface area contributed by atoms with Crippen molar-refractivity contribution < 1.29 is 16.8 Å². The van der Waals surface area contributed by atoms with E-state index in [9.17, 15) is 16.8 Å². The Morgan fingerprint density at radius 2 is 1.86 bits per heavy atom. The molecule has 0 bridgehead atoms. The predicted octanol–water partition coefficient (Wildman–Crippen LogP) is 0.0915. The van der Waals surface area contributed by atoms with Gasteiger partial charge in [0.15, 0.2) is 0 Å². The summed E-state index contributed by atoms with van der Waals surface area (Å²) in [5.74, 6) is 4.67. The third kappa shape index (κ3) is 6.62. The number of benzene rings is 1. The zero-order valence-electron chi connectivity index (χ0n) is 11.9. The average Bonchev–Trinajstić information content (AvgIpc) is 2.36. The van der Waals surface area contributed by atoms with Gasteiger partial charge in [0.05, 0.1) is 23.7 Å². The normalized spacial score (nSPS) is 11.6. The molecule has 6 nitrogen and oxygen atoms in total. The van der Waals surface area contributed by atoms with E-state index in [1.807, 2.05) is 0 Å². The fourth-order valence-corrected chi connectivity index (χ4v) is 4.24. The Hall–Kier alpha value is -1.56. The van der Waals surface area contributed by atoms with Crippen molar-refractivity contribution in [1.82, 2.24) is 0 Å². The molecule has 21 heavy (non-hydrogen) atoms. The number of sulfonamides is 1. The van der Waals surface area contributed by atoms with Crippen LogP contribution >= 0.6 is 0 Å². The third-order valence-electron chi connectivity index (χ3n) is 2.55. The lowest BCUT2D eigenvalue weighted by Gasteiger charge is -2.10. The van der Waals surface area contributed by atoms with Crippen LogP contribution in [0.25, 0.3) is 0 Å². The number of rotatable bonds is 5. The largest absolute Gasteiger partial charge is 0.320 e. The molecule has 0 heterocycles. The molecule has 1 rings (SSSR count). The summed E-state index contributed by atoms with van der Waals surface area (Å²) in [5.41, 5.74) is 7.12. The Balaban J connectivity index is 2.88. The zero-order valence-corrected chi connectivity index (χ0v) is 13.5. The van der Waals surface area contributed by atoms with Crippen LogP contribution in [0.15, 0.2) is 18.2 Å². The number of anilines is 1. The molecule has 1 aromatic rings. The van der Waals surface area contributed by atoms with E-state index < -0.39 is 31.4 Å². The summed E-state index contributed by atoms with van der Waals surface area (Å²) in [7, 11) is -7.03. The van der Waals surface area contributed by atoms with Crippen LogP contribution in [0.1, 0.15) is 11.1 Å². The standard InChI is InChI=1S/C13H18N2O4S2/c1-11-10-12(4-3-7-14)5-6-13(11)15-21(18,19)9-8-20(2,16)17/h5-6,10,15H,7-9,14H2,1-2H3. The van der Waals surface area contributed by atoms with Gasteiger partial charge in [-0.05, 0) is 30.7 Å². The molecule has 0 saturated heterocycles. The van der Waals surface area contributed by atoms with Crippen LogP contribution in [-0.2, 0) is 19.9 Å². The zero-order chi connectivity index (χ0) is 16.1. The molecule has 0 aromatic heterocycles. The van der Waals surface area contributed by atoms with Crippen molar-refractivity contribution in [3.63, 3.8) is 0 Å². The van der Waals surface area contributed by atoms with Crippen molar-refractivity contribution in [3.05, 3.63) is 29.3 Å². The summed E-state index contributed by atoms with van der Waals surface area (Å²) in [6.07, 6.45) is 0.999. The van der Waals surface area contributed by atoms with Crippen molar-refractivity contribution in [3.8, 4) is 11.8 Å². The molecule has 0 spiro atoms. The van der Waals surface area contributed by atoms with E-state index >= 15 is 0 Å². The van der Waals surface area contributed by atoms with Gasteiger partial charge in [-0.15, -0.1) is 0 Å². The summed E-state index contributed by atoms with van der Waals surface area (Å²) in [6.45, 7) is 1.99. The molecule has 0 amide bonds. The monoisotopic (exact) mass is 330 g/mol. The van der Waals surface area contributed by atoms with E-state index in [-0.39, 0.29) is 6.54 Å². The van der Waals surface area contributed by atoms with Crippen LogP contribution in [0.2, 0.25) is 0 Å². The van der Waals surface area contributed by atoms with Crippen molar-refractivity contribution in [2.75, 3.05) is 29.0 Å². The van der Waals surface area contributed by atoms with Crippen LogP contribution in [0, 0.1) is 18.8 Å². The number of nitrogens with two attached hydrogens (primary N) is 1. The number of nitrogens with one attached hydrogen (secondary N) is 1. The van der Waals surface area contributed by atoms with Gasteiger partial charge < -0.3 is 5.73 Å². The summed E-state index contributed by atoms with van der Waals surface area (Å²) < 4.78 is 48.1. The second kappa shape index (κ2) is 6.93. The smallest absolute Gasteiger partial charge is 0.233 e. The van der Waals surface area contributed by atoms with Crippen LogP contribution in [0.3, 0.4) is 0 Å². The van der Waals surface area contributed by atoms with E-state index in [2.05, 4.69) is 16.6 Å². The number of aryl methyl sites for hydroxylation is 1. The van der Waals surface area contributed by atoms with Gasteiger partial charge in [0.2, 0.25) is 10.0 Å². The van der Waals surface area contributed by atoms with Gasteiger partial charge in [-0.2, -0.15) is 0 Å². The number of sulfone groups is 1. The first-order valence-corrected chi connectivity index (χ1v) is 9.82. The highest BCUT2D eigenvalue weighted by atomic mass is 32.2. The highest BCUT2D eigenvalue weighted by Crippen LogP contribution is 2.17. The lowest BCUT2D eigenvalue weighted by molar-refractivity contribution is 0.593. The first-order chi connectivity index (χ1) is 9.63. The Kier molecular flexibility index (Phi) is 5.78. The average molecular weight is 330 g/mol. The van der Waals surface area contributed by atoms with Crippen LogP contribution in [-0.4, -0.2) is 41.1 Å². The van der Waals surface area contributed by atoms with Crippen molar-refractivity contribution in [1.29, 1.82) is 0 Å². The van der Waals surface area contributed by atoms with E-state index in [1.165, 1.54) is 0 Å². The van der Waals surface area contributed by atoms with Gasteiger partial charge in [0.1, 0.15) is 9.84 Å². The third-order valence-corrected chi connectivity index (χ3v) is 5.03. The molecule has 0 fully saturated rings. The fraction of sp³-hybridized carbons (Fsp3) is 0.385. The highest BCUT2D eigenvalue weighted by Gasteiger charge is 2.15. The van der Waals surface area contributed by atoms with Gasteiger partial charge in [0, 0.05) is 11.8 Å². The molecular formula is C13H18N2O4S2. The van der Waals surface area contributed by atoms with Gasteiger partial charge in [-0.25, -0.2) is 16.8 Å². The lowest BCUT2D eigenvalue weighted by Crippen LogP contribution is -2.22. The van der Waals surface area contributed by atoms with Crippen LogP contribution in [0.5, 0.6) is 0 Å². The molecule has 116 valence electrons. The molecule has 0 aliphatic heterocycles. The maximum absolute atomic E-state index is 11.8. The Labute approximate surface area is 125 Å². The topological polar surface area (TPSA) is 106 Å². The molecule has 0 aliphatic rings. The molecule has 0 unspecified atom stereocenters. The minimum Gasteiger partial charge on any atom is -0.320 e. The van der Waals surface area contributed by atoms with E-state index in [0.29, 0.717) is 11.3 Å². The Bertz CT molecular complexity index is 772. The molecule has 0 saturated carbocycles. The second-order valence-electron chi connectivity index (χ2n) is 4.59. The molecule has 0 radical (unpaired) electrons. The van der Waals surface area contributed by atoms with E-state index in [4.69, 9.17) is 5.73 Å². The van der Waals surface area contributed by atoms with Gasteiger partial charge in [-0.3, -0.25) is 4.72 Å². The molecule has 0 aliphatic carbocycles. The second-order valence-corrected chi connectivity index (χ2v) is 8.69. The summed E-state index contributed by atoms with van der Waals surface area (Å²) in [4.78, 5) is 0. The van der Waals surface area contributed by atoms with E-state index in [0.717, 1.165) is 11.8 Å². The van der Waals surface area contributed by atoms with Crippen LogP contribution < -0.4 is 10.5 Å². The fourth-order valence-electron chi connectivity index (χ4n) is 1.49. The Morgan fingerprint density at radius 3 is 2.38 bits per heavy atom. The van der Waals surface area contributed by atoms with Gasteiger partial charge in [-0.1, -0.05) is 11.8 Å². The molecular weight excluding hydrogens is 312 g/mol. The van der Waals surface area contributed by atoms with E-state index in [1.54, 1.807) is 25.1 Å². The van der Waals surface area contributed by atoms with Crippen molar-refractivity contribution >= 4 is 25.5 Å². The van der Waals surface area contributed by atoms with Gasteiger partial charge in [0.25, 0.3) is 0 Å². The number of hydrogen-bond acceptors (Lipinski definition) is 5. The molecule has 8 heteroatoms. The quantitative estimate of drug-likeness (QED) is 0.744. The van der Waals surface area contributed by atoms with Crippen molar-refractivity contribution in [2.24, 2.45) is 5.73 Å². The molecule has 1 aromatic carbocycles. The molecule has 3 N–H and O–H groups in total. The highest BCUT2D eigenvalue weighted by molar-refractivity contribution is 7.95. The van der Waals surface area contributed by atoms with Crippen molar-refractivity contribution in [2.45, 2.75) is 6.92 Å². The molecule has 0 atom stereocenters. The van der Waals surface area contributed by atoms with Crippen LogP contribution in [0.4, 0.5) is 5.69 Å². The first-order valence-electron chi connectivity index (χ1n) is 6.11. The SMILES string of the molecule is Cc1cc(C#CCN)ccc1NS(=O)(=O)CCS(C)(=O)=O. The maximum atomic E-state index is 11.8. The summed E-state index contributed by atoms with van der Waals surface area (Å²) in [5, 5.41) is 0.